The molecule has 1 aromatic heterocycles. The van der Waals surface area contributed by atoms with Crippen molar-refractivity contribution >= 4 is 17.7 Å². The third-order valence-corrected chi connectivity index (χ3v) is 5.65. The Bertz CT molecular complexity index is 1170. The number of hydrogen-bond acceptors (Lipinski definition) is 3. The van der Waals surface area contributed by atoms with Crippen LogP contribution in [0, 0.1) is 0 Å². The highest BCUT2D eigenvalue weighted by Crippen LogP contribution is 2.40. The molecule has 0 saturated heterocycles. The maximum absolute atomic E-state index is 13.6. The van der Waals surface area contributed by atoms with E-state index in [0.717, 1.165) is 17.5 Å². The van der Waals surface area contributed by atoms with Crippen molar-refractivity contribution in [2.45, 2.75) is 32.0 Å². The predicted molar refractivity (Wildman–Crippen MR) is 112 cm³/mol. The van der Waals surface area contributed by atoms with Crippen molar-refractivity contribution in [2.75, 3.05) is 4.90 Å². The molecule has 1 aliphatic rings. The van der Waals surface area contributed by atoms with Gasteiger partial charge in [-0.25, -0.2) is 0 Å². The van der Waals surface area contributed by atoms with E-state index in [1.165, 1.54) is 17.0 Å². The molecule has 0 spiro atoms. The van der Waals surface area contributed by atoms with Gasteiger partial charge in [0.2, 0.25) is 0 Å². The van der Waals surface area contributed by atoms with E-state index in [0.29, 0.717) is 12.1 Å². The van der Waals surface area contributed by atoms with E-state index in [9.17, 15) is 18.0 Å². The first kappa shape index (κ1) is 20.8. The SMILES string of the molecule is C=Cc1cc2c(c(C(F)(F)F)c1)CN(c1cccc([C@H](C)Cc3nncn3C)c1)C2=O. The minimum absolute atomic E-state index is 0.000589. The van der Waals surface area contributed by atoms with Gasteiger partial charge in [-0.2, -0.15) is 13.2 Å². The number of nitrogens with zero attached hydrogens (tertiary/aromatic N) is 4. The zero-order chi connectivity index (χ0) is 22.3. The Kier molecular flexibility index (Phi) is 5.16. The van der Waals surface area contributed by atoms with Gasteiger partial charge in [0.15, 0.2) is 0 Å². The van der Waals surface area contributed by atoms with Crippen LogP contribution >= 0.6 is 0 Å². The highest BCUT2D eigenvalue weighted by atomic mass is 19.4. The van der Waals surface area contributed by atoms with Crippen LogP contribution in [0.3, 0.4) is 0 Å². The molecule has 0 N–H and O–H groups in total. The van der Waals surface area contributed by atoms with Crippen molar-refractivity contribution in [3.63, 3.8) is 0 Å². The molecule has 0 aliphatic carbocycles. The van der Waals surface area contributed by atoms with Crippen LogP contribution in [0.5, 0.6) is 0 Å². The Balaban J connectivity index is 1.66. The lowest BCUT2D eigenvalue weighted by molar-refractivity contribution is -0.138. The zero-order valence-corrected chi connectivity index (χ0v) is 17.1. The fourth-order valence-electron chi connectivity index (χ4n) is 3.89. The molecule has 0 bridgehead atoms. The standard InChI is InChI=1S/C23H21F3N4O/c1-4-15-9-18-19(20(10-15)23(24,25)26)12-30(22(18)31)17-7-5-6-16(11-17)14(2)8-21-28-27-13-29(21)3/h4-7,9-11,13-14H,1,8,12H2,2-3H3/t14-/m1/s1. The molecule has 2 aromatic carbocycles. The Hall–Kier alpha value is -3.42. The van der Waals surface area contributed by atoms with Crippen LogP contribution in [0.25, 0.3) is 6.08 Å². The molecule has 5 nitrogen and oxygen atoms in total. The highest BCUT2D eigenvalue weighted by Gasteiger charge is 2.40. The summed E-state index contributed by atoms with van der Waals surface area (Å²) < 4.78 is 42.7. The minimum Gasteiger partial charge on any atom is -0.321 e. The number of carbonyl (C=O) groups is 1. The molecular formula is C23H21F3N4O. The Morgan fingerprint density at radius 2 is 2.03 bits per heavy atom. The second kappa shape index (κ2) is 7.68. The Morgan fingerprint density at radius 1 is 1.26 bits per heavy atom. The molecule has 0 radical (unpaired) electrons. The van der Waals surface area contributed by atoms with Crippen molar-refractivity contribution in [1.82, 2.24) is 14.8 Å². The lowest BCUT2D eigenvalue weighted by Gasteiger charge is -2.19. The molecule has 1 amide bonds. The fourth-order valence-corrected chi connectivity index (χ4v) is 3.89. The van der Waals surface area contributed by atoms with Crippen molar-refractivity contribution in [1.29, 1.82) is 0 Å². The quantitative estimate of drug-likeness (QED) is 0.578. The number of aromatic nitrogens is 3. The Morgan fingerprint density at radius 3 is 2.68 bits per heavy atom. The summed E-state index contributed by atoms with van der Waals surface area (Å²) in [5.41, 5.74) is 1.08. The van der Waals surface area contributed by atoms with E-state index < -0.39 is 17.6 Å². The van der Waals surface area contributed by atoms with E-state index in [-0.39, 0.29) is 29.2 Å². The molecule has 1 aliphatic heterocycles. The average molecular weight is 426 g/mol. The average Bonchev–Trinajstić information content (AvgIpc) is 3.29. The van der Waals surface area contributed by atoms with Crippen LogP contribution < -0.4 is 4.90 Å². The van der Waals surface area contributed by atoms with Gasteiger partial charge in [-0.1, -0.05) is 31.7 Å². The van der Waals surface area contributed by atoms with E-state index in [4.69, 9.17) is 0 Å². The topological polar surface area (TPSA) is 51.0 Å². The van der Waals surface area contributed by atoms with Gasteiger partial charge in [-0.3, -0.25) is 4.79 Å². The number of hydrogen-bond donors (Lipinski definition) is 0. The van der Waals surface area contributed by atoms with Gasteiger partial charge < -0.3 is 9.47 Å². The van der Waals surface area contributed by atoms with Gasteiger partial charge in [-0.15, -0.1) is 10.2 Å². The van der Waals surface area contributed by atoms with Crippen molar-refractivity contribution in [3.8, 4) is 0 Å². The van der Waals surface area contributed by atoms with Crippen molar-refractivity contribution in [3.05, 3.63) is 82.9 Å². The largest absolute Gasteiger partial charge is 0.416 e. The summed E-state index contributed by atoms with van der Waals surface area (Å²) in [6, 6.07) is 9.86. The van der Waals surface area contributed by atoms with Crippen LogP contribution in [0.1, 0.15) is 51.3 Å². The molecule has 1 atom stereocenters. The molecule has 31 heavy (non-hydrogen) atoms. The first-order valence-corrected chi connectivity index (χ1v) is 9.80. The smallest absolute Gasteiger partial charge is 0.321 e. The summed E-state index contributed by atoms with van der Waals surface area (Å²) in [5.74, 6) is 0.470. The van der Waals surface area contributed by atoms with Crippen LogP contribution in [0.4, 0.5) is 18.9 Å². The lowest BCUT2D eigenvalue weighted by atomic mass is 9.97. The van der Waals surface area contributed by atoms with E-state index in [1.54, 1.807) is 12.4 Å². The molecule has 4 rings (SSSR count). The van der Waals surface area contributed by atoms with Gasteiger partial charge in [0.25, 0.3) is 5.91 Å². The number of benzene rings is 2. The zero-order valence-electron chi connectivity index (χ0n) is 17.1. The first-order valence-electron chi connectivity index (χ1n) is 9.80. The van der Waals surface area contributed by atoms with Crippen molar-refractivity contribution < 1.29 is 18.0 Å². The third-order valence-electron chi connectivity index (χ3n) is 5.65. The van der Waals surface area contributed by atoms with E-state index in [2.05, 4.69) is 16.8 Å². The van der Waals surface area contributed by atoms with Gasteiger partial charge >= 0.3 is 6.18 Å². The first-order chi connectivity index (χ1) is 14.7. The van der Waals surface area contributed by atoms with Gasteiger partial charge in [0, 0.05) is 24.7 Å². The number of amides is 1. The number of carbonyl (C=O) groups excluding carboxylic acids is 1. The molecule has 0 unspecified atom stereocenters. The van der Waals surface area contributed by atoms with Crippen molar-refractivity contribution in [2.24, 2.45) is 7.05 Å². The number of aryl methyl sites for hydroxylation is 1. The summed E-state index contributed by atoms with van der Waals surface area (Å²) in [5, 5.41) is 7.99. The number of rotatable bonds is 5. The maximum atomic E-state index is 13.6. The van der Waals surface area contributed by atoms with Crippen LogP contribution in [-0.2, 0) is 26.2 Å². The summed E-state index contributed by atoms with van der Waals surface area (Å²) in [7, 11) is 1.87. The summed E-state index contributed by atoms with van der Waals surface area (Å²) >= 11 is 0. The third kappa shape index (κ3) is 3.85. The van der Waals surface area contributed by atoms with E-state index >= 15 is 0 Å². The summed E-state index contributed by atoms with van der Waals surface area (Å²) in [6.45, 7) is 5.46. The monoisotopic (exact) mass is 426 g/mol. The molecule has 8 heteroatoms. The Labute approximate surface area is 177 Å². The van der Waals surface area contributed by atoms with Crippen LogP contribution in [0.2, 0.25) is 0 Å². The predicted octanol–water partition coefficient (Wildman–Crippen LogP) is 4.98. The summed E-state index contributed by atoms with van der Waals surface area (Å²) in [4.78, 5) is 14.4. The molecule has 3 aromatic rings. The fraction of sp³-hybridized carbons (Fsp3) is 0.261. The normalized spacial score (nSPS) is 14.6. The number of alkyl halides is 3. The molecule has 2 heterocycles. The van der Waals surface area contributed by atoms with Gasteiger partial charge in [0.1, 0.15) is 12.2 Å². The number of fused-ring (bicyclic) bond motifs is 1. The molecular weight excluding hydrogens is 405 g/mol. The highest BCUT2D eigenvalue weighted by molar-refractivity contribution is 6.10. The maximum Gasteiger partial charge on any atom is 0.416 e. The lowest BCUT2D eigenvalue weighted by Crippen LogP contribution is -2.23. The number of anilines is 1. The molecule has 0 fully saturated rings. The summed E-state index contributed by atoms with van der Waals surface area (Å²) in [6.07, 6.45) is -0.949. The van der Waals surface area contributed by atoms with E-state index in [1.807, 2.05) is 36.7 Å². The second-order valence-electron chi connectivity index (χ2n) is 7.75. The second-order valence-corrected chi connectivity index (χ2v) is 7.75. The van der Waals surface area contributed by atoms with Crippen LogP contribution in [0.15, 0.2) is 49.3 Å². The molecule has 160 valence electrons. The minimum atomic E-state index is -4.55. The number of halogens is 3. The van der Waals surface area contributed by atoms with Gasteiger partial charge in [0.05, 0.1) is 12.1 Å². The van der Waals surface area contributed by atoms with Crippen LogP contribution in [-0.4, -0.2) is 20.7 Å². The van der Waals surface area contributed by atoms with Gasteiger partial charge in [-0.05, 0) is 46.9 Å². The molecule has 0 saturated carbocycles.